The van der Waals surface area contributed by atoms with Crippen LogP contribution in [-0.4, -0.2) is 29.2 Å². The fourth-order valence-corrected chi connectivity index (χ4v) is 2.90. The molecule has 1 aromatic rings. The van der Waals surface area contributed by atoms with Crippen molar-refractivity contribution in [2.75, 3.05) is 6.54 Å². The van der Waals surface area contributed by atoms with E-state index in [-0.39, 0.29) is 5.56 Å². The van der Waals surface area contributed by atoms with Crippen LogP contribution in [0.2, 0.25) is 0 Å². The van der Waals surface area contributed by atoms with Gasteiger partial charge in [0.05, 0.1) is 17.6 Å². The molecule has 0 aliphatic carbocycles. The van der Waals surface area contributed by atoms with Gasteiger partial charge in [0, 0.05) is 6.54 Å². The molecule has 140 valence electrons. The quantitative estimate of drug-likeness (QED) is 0.801. The Balaban J connectivity index is 2.20. The molecule has 8 heteroatoms. The van der Waals surface area contributed by atoms with Crippen molar-refractivity contribution in [3.8, 4) is 0 Å². The van der Waals surface area contributed by atoms with Crippen LogP contribution in [0.3, 0.4) is 0 Å². The second kappa shape index (κ2) is 6.82. The van der Waals surface area contributed by atoms with Crippen molar-refractivity contribution >= 4 is 6.09 Å². The zero-order valence-corrected chi connectivity index (χ0v) is 14.4. The lowest BCUT2D eigenvalue weighted by atomic mass is 9.97. The second-order valence-corrected chi connectivity index (χ2v) is 7.15. The zero-order chi connectivity index (χ0) is 19.0. The van der Waals surface area contributed by atoms with Crippen molar-refractivity contribution in [3.05, 3.63) is 35.1 Å². The summed E-state index contributed by atoms with van der Waals surface area (Å²) in [5.41, 5.74) is 4.33. The summed E-state index contributed by atoms with van der Waals surface area (Å²) in [6.45, 7) is 5.65. The fraction of sp³-hybridized carbons (Fsp3) is 0.588. The van der Waals surface area contributed by atoms with Crippen LogP contribution in [0.15, 0.2) is 18.2 Å². The molecule has 2 rings (SSSR count). The molecule has 1 heterocycles. The number of halogens is 4. The first kappa shape index (κ1) is 19.5. The summed E-state index contributed by atoms with van der Waals surface area (Å²) in [6.07, 6.45) is -4.02. The summed E-state index contributed by atoms with van der Waals surface area (Å²) in [5.74, 6) is -1.37. The number of rotatable bonds is 2. The number of hydrogen-bond acceptors (Lipinski definition) is 3. The van der Waals surface area contributed by atoms with Gasteiger partial charge in [-0.3, -0.25) is 0 Å². The molecule has 0 bridgehead atoms. The van der Waals surface area contributed by atoms with E-state index in [9.17, 15) is 22.4 Å². The van der Waals surface area contributed by atoms with Gasteiger partial charge in [-0.05, 0) is 51.3 Å². The Hall–Kier alpha value is -1.83. The van der Waals surface area contributed by atoms with E-state index in [0.717, 1.165) is 12.1 Å². The van der Waals surface area contributed by atoms with Crippen LogP contribution in [-0.2, 0) is 10.9 Å². The molecule has 2 N–H and O–H groups in total. The van der Waals surface area contributed by atoms with Crippen molar-refractivity contribution < 1.29 is 27.1 Å². The van der Waals surface area contributed by atoms with Gasteiger partial charge in [0.2, 0.25) is 0 Å². The number of carbonyl (C=O) groups excluding carboxylic acids is 1. The number of carbonyl (C=O) groups is 1. The molecular weight excluding hydrogens is 340 g/mol. The van der Waals surface area contributed by atoms with Crippen molar-refractivity contribution in [1.29, 1.82) is 0 Å². The second-order valence-electron chi connectivity index (χ2n) is 7.15. The highest BCUT2D eigenvalue weighted by atomic mass is 19.4. The molecule has 0 radical (unpaired) electrons. The summed E-state index contributed by atoms with van der Waals surface area (Å²) >= 11 is 0. The summed E-state index contributed by atoms with van der Waals surface area (Å²) in [4.78, 5) is 13.7. The van der Waals surface area contributed by atoms with Gasteiger partial charge < -0.3 is 15.4 Å². The highest BCUT2D eigenvalue weighted by Gasteiger charge is 2.38. The van der Waals surface area contributed by atoms with E-state index >= 15 is 0 Å². The molecule has 1 saturated heterocycles. The predicted molar refractivity (Wildman–Crippen MR) is 84.3 cm³/mol. The third kappa shape index (κ3) is 4.62. The first-order chi connectivity index (χ1) is 11.4. The van der Waals surface area contributed by atoms with Crippen LogP contribution in [0.1, 0.15) is 50.8 Å². The Morgan fingerprint density at radius 2 is 1.96 bits per heavy atom. The maximum Gasteiger partial charge on any atom is 0.419 e. The minimum absolute atomic E-state index is 0.214. The standard InChI is InChI=1S/C17H22F4N2O2/c1-16(2,3)25-15(24)23-8-4-5-13(23)14(22)10-6-7-11(12(18)9-10)17(19,20)21/h6-7,9,13-14H,4-5,8,22H2,1-3H3/t13-,14-/m0/s1. The first-order valence-corrected chi connectivity index (χ1v) is 8.02. The van der Waals surface area contributed by atoms with Gasteiger partial charge in [0.25, 0.3) is 0 Å². The molecule has 0 saturated carbocycles. The molecule has 0 aromatic heterocycles. The van der Waals surface area contributed by atoms with Crippen molar-refractivity contribution in [2.45, 2.75) is 57.5 Å². The lowest BCUT2D eigenvalue weighted by Crippen LogP contribution is -2.44. The van der Waals surface area contributed by atoms with Crippen LogP contribution in [0.4, 0.5) is 22.4 Å². The molecule has 4 nitrogen and oxygen atoms in total. The summed E-state index contributed by atoms with van der Waals surface area (Å²) in [7, 11) is 0. The molecule has 0 spiro atoms. The molecule has 1 aromatic carbocycles. The van der Waals surface area contributed by atoms with E-state index in [1.165, 1.54) is 4.90 Å². The minimum Gasteiger partial charge on any atom is -0.444 e. The average Bonchev–Trinajstić information content (AvgIpc) is 2.92. The predicted octanol–water partition coefficient (Wildman–Crippen LogP) is 4.24. The van der Waals surface area contributed by atoms with Crippen molar-refractivity contribution in [2.24, 2.45) is 5.73 Å². The number of likely N-dealkylation sites (tertiary alicyclic amines) is 1. The molecule has 1 aliphatic rings. The van der Waals surface area contributed by atoms with Gasteiger partial charge >= 0.3 is 12.3 Å². The number of nitrogens with zero attached hydrogens (tertiary/aromatic N) is 1. The molecule has 1 amide bonds. The normalized spacial score (nSPS) is 19.8. The largest absolute Gasteiger partial charge is 0.444 e. The van der Waals surface area contributed by atoms with Crippen molar-refractivity contribution in [1.82, 2.24) is 4.90 Å². The molecular formula is C17H22F4N2O2. The topological polar surface area (TPSA) is 55.6 Å². The Morgan fingerprint density at radius 3 is 2.48 bits per heavy atom. The smallest absolute Gasteiger partial charge is 0.419 e. The Kier molecular flexibility index (Phi) is 5.32. The number of amides is 1. The maximum atomic E-state index is 13.8. The molecule has 25 heavy (non-hydrogen) atoms. The summed E-state index contributed by atoms with van der Waals surface area (Å²) in [5, 5.41) is 0. The number of nitrogens with two attached hydrogens (primary N) is 1. The van der Waals surface area contributed by atoms with Gasteiger partial charge in [-0.2, -0.15) is 13.2 Å². The highest BCUT2D eigenvalue weighted by molar-refractivity contribution is 5.69. The number of hydrogen-bond donors (Lipinski definition) is 1. The van der Waals surface area contributed by atoms with Crippen LogP contribution in [0.5, 0.6) is 0 Å². The first-order valence-electron chi connectivity index (χ1n) is 8.02. The Bertz CT molecular complexity index is 641. The minimum atomic E-state index is -4.76. The summed E-state index contributed by atoms with van der Waals surface area (Å²) in [6, 6.07) is 1.37. The van der Waals surface area contributed by atoms with Crippen LogP contribution >= 0.6 is 0 Å². The van der Waals surface area contributed by atoms with Gasteiger partial charge in [-0.1, -0.05) is 6.07 Å². The lowest BCUT2D eigenvalue weighted by Gasteiger charge is -2.32. The van der Waals surface area contributed by atoms with Crippen LogP contribution in [0.25, 0.3) is 0 Å². The molecule has 0 unspecified atom stereocenters. The monoisotopic (exact) mass is 362 g/mol. The third-order valence-electron chi connectivity index (χ3n) is 4.03. The zero-order valence-electron chi connectivity index (χ0n) is 14.4. The van der Waals surface area contributed by atoms with Gasteiger partial charge in [-0.15, -0.1) is 0 Å². The average molecular weight is 362 g/mol. The fourth-order valence-electron chi connectivity index (χ4n) is 2.90. The molecule has 1 fully saturated rings. The maximum absolute atomic E-state index is 13.8. The summed E-state index contributed by atoms with van der Waals surface area (Å²) < 4.78 is 57.1. The third-order valence-corrected chi connectivity index (χ3v) is 4.03. The van der Waals surface area contributed by atoms with E-state index in [1.807, 2.05) is 0 Å². The van der Waals surface area contributed by atoms with Crippen molar-refractivity contribution in [3.63, 3.8) is 0 Å². The number of benzene rings is 1. The number of ether oxygens (including phenoxy) is 1. The molecule has 1 aliphatic heterocycles. The van der Waals surface area contributed by atoms with E-state index in [1.54, 1.807) is 20.8 Å². The van der Waals surface area contributed by atoms with Crippen LogP contribution < -0.4 is 5.73 Å². The van der Waals surface area contributed by atoms with Gasteiger partial charge in [0.15, 0.2) is 0 Å². The van der Waals surface area contributed by atoms with E-state index in [0.29, 0.717) is 25.5 Å². The lowest BCUT2D eigenvalue weighted by molar-refractivity contribution is -0.140. The van der Waals surface area contributed by atoms with E-state index < -0.39 is 41.3 Å². The van der Waals surface area contributed by atoms with Gasteiger partial charge in [-0.25, -0.2) is 9.18 Å². The Morgan fingerprint density at radius 1 is 1.32 bits per heavy atom. The van der Waals surface area contributed by atoms with E-state index in [2.05, 4.69) is 0 Å². The van der Waals surface area contributed by atoms with Crippen LogP contribution in [0, 0.1) is 5.82 Å². The SMILES string of the molecule is CC(C)(C)OC(=O)N1CCC[C@H]1[C@@H](N)c1ccc(C(F)(F)F)c(F)c1. The van der Waals surface area contributed by atoms with E-state index in [4.69, 9.17) is 10.5 Å². The van der Waals surface area contributed by atoms with Gasteiger partial charge in [0.1, 0.15) is 11.4 Å². The Labute approximate surface area is 143 Å². The number of alkyl halides is 3. The highest BCUT2D eigenvalue weighted by Crippen LogP contribution is 2.34. The molecule has 2 atom stereocenters.